The Balaban J connectivity index is 1.44. The lowest BCUT2D eigenvalue weighted by molar-refractivity contribution is -0.115. The summed E-state index contributed by atoms with van der Waals surface area (Å²) in [5.41, 5.74) is 2.15. The molecule has 0 radical (unpaired) electrons. The van der Waals surface area contributed by atoms with Gasteiger partial charge >= 0.3 is 0 Å². The Kier molecular flexibility index (Phi) is 3.78. The number of hydrogen-bond acceptors (Lipinski definition) is 6. The average Bonchev–Trinajstić information content (AvgIpc) is 3.19. The fourth-order valence-electron chi connectivity index (χ4n) is 2.32. The number of benzene rings is 2. The van der Waals surface area contributed by atoms with E-state index in [0.717, 1.165) is 5.52 Å². The van der Waals surface area contributed by atoms with Crippen LogP contribution in [0.2, 0.25) is 0 Å². The van der Waals surface area contributed by atoms with Crippen LogP contribution in [-0.2, 0) is 4.79 Å². The van der Waals surface area contributed by atoms with E-state index in [-0.39, 0.29) is 18.0 Å². The highest BCUT2D eigenvalue weighted by atomic mass is 32.2. The molecule has 0 saturated carbocycles. The zero-order valence-corrected chi connectivity index (χ0v) is 13.6. The Morgan fingerprint density at radius 3 is 2.92 bits per heavy atom. The Hall–Kier alpha value is -2.67. The van der Waals surface area contributed by atoms with Gasteiger partial charge in [0.25, 0.3) is 5.22 Å². The fraction of sp³-hybridized carbons (Fsp3) is 0.176. The van der Waals surface area contributed by atoms with E-state index in [1.54, 1.807) is 18.2 Å². The second-order valence-corrected chi connectivity index (χ2v) is 6.56. The molecule has 24 heavy (non-hydrogen) atoms. The first kappa shape index (κ1) is 14.9. The lowest BCUT2D eigenvalue weighted by atomic mass is 10.2. The number of thioether (sulfide) groups is 1. The summed E-state index contributed by atoms with van der Waals surface area (Å²) < 4.78 is 16.2. The molecule has 0 unspecified atom stereocenters. The molecular weight excluding hydrogens is 328 g/mol. The lowest BCUT2D eigenvalue weighted by Gasteiger charge is -2.10. The van der Waals surface area contributed by atoms with Crippen LogP contribution in [0, 0.1) is 0 Å². The zero-order valence-electron chi connectivity index (χ0n) is 12.8. The standard InChI is InChI=1S/C17H14N2O4S/c1-10(24-17-19-12-4-2-3-5-13(12)23-17)16(20)18-11-6-7-14-15(8-11)22-9-21-14/h2-8,10H,9H2,1H3,(H,18,20)/t10-/m0/s1. The van der Waals surface area contributed by atoms with Crippen molar-refractivity contribution in [3.05, 3.63) is 42.5 Å². The molecule has 0 fully saturated rings. The minimum absolute atomic E-state index is 0.138. The van der Waals surface area contributed by atoms with Gasteiger partial charge in [0.15, 0.2) is 17.1 Å². The van der Waals surface area contributed by atoms with Crippen molar-refractivity contribution in [2.24, 2.45) is 0 Å². The molecule has 0 saturated heterocycles. The number of rotatable bonds is 4. The Morgan fingerprint density at radius 1 is 1.21 bits per heavy atom. The van der Waals surface area contributed by atoms with Crippen molar-refractivity contribution in [3.8, 4) is 11.5 Å². The topological polar surface area (TPSA) is 73.6 Å². The van der Waals surface area contributed by atoms with E-state index in [1.165, 1.54) is 11.8 Å². The SMILES string of the molecule is C[C@H](Sc1nc2ccccc2o1)C(=O)Nc1ccc2c(c1)OCO2. The number of carbonyl (C=O) groups excluding carboxylic acids is 1. The normalized spacial score (nSPS) is 13.9. The number of amides is 1. The largest absolute Gasteiger partial charge is 0.454 e. The summed E-state index contributed by atoms with van der Waals surface area (Å²) in [5, 5.41) is 2.98. The molecule has 1 amide bonds. The van der Waals surface area contributed by atoms with Crippen LogP contribution in [0.4, 0.5) is 5.69 Å². The third-order valence-electron chi connectivity index (χ3n) is 3.56. The van der Waals surface area contributed by atoms with Crippen LogP contribution in [0.1, 0.15) is 6.92 Å². The highest BCUT2D eigenvalue weighted by Crippen LogP contribution is 2.34. The Morgan fingerprint density at radius 2 is 2.04 bits per heavy atom. The maximum atomic E-state index is 12.4. The van der Waals surface area contributed by atoms with Crippen molar-refractivity contribution in [2.75, 3.05) is 12.1 Å². The van der Waals surface area contributed by atoms with Crippen LogP contribution < -0.4 is 14.8 Å². The molecule has 4 rings (SSSR count). The summed E-state index contributed by atoms with van der Waals surface area (Å²) in [7, 11) is 0. The number of oxazole rings is 1. The van der Waals surface area contributed by atoms with E-state index in [1.807, 2.05) is 31.2 Å². The van der Waals surface area contributed by atoms with Gasteiger partial charge in [0.2, 0.25) is 12.7 Å². The molecule has 0 spiro atoms. The number of nitrogens with one attached hydrogen (secondary N) is 1. The van der Waals surface area contributed by atoms with Gasteiger partial charge in [0.05, 0.1) is 5.25 Å². The summed E-state index contributed by atoms with van der Waals surface area (Å²) in [4.78, 5) is 16.7. The van der Waals surface area contributed by atoms with Crippen molar-refractivity contribution < 1.29 is 18.7 Å². The Labute approximate surface area is 142 Å². The van der Waals surface area contributed by atoms with Gasteiger partial charge in [-0.05, 0) is 31.2 Å². The molecular formula is C17H14N2O4S. The van der Waals surface area contributed by atoms with Crippen molar-refractivity contribution in [3.63, 3.8) is 0 Å². The molecule has 0 bridgehead atoms. The summed E-state index contributed by atoms with van der Waals surface area (Å²) in [6.07, 6.45) is 0. The lowest BCUT2D eigenvalue weighted by Crippen LogP contribution is -2.22. The summed E-state index contributed by atoms with van der Waals surface area (Å²) in [6, 6.07) is 12.8. The molecule has 122 valence electrons. The fourth-order valence-corrected chi connectivity index (χ4v) is 3.08. The number of fused-ring (bicyclic) bond motifs is 2. The van der Waals surface area contributed by atoms with Gasteiger partial charge in [-0.1, -0.05) is 23.9 Å². The minimum Gasteiger partial charge on any atom is -0.454 e. The van der Waals surface area contributed by atoms with Gasteiger partial charge in [-0.3, -0.25) is 4.79 Å². The first-order chi connectivity index (χ1) is 11.7. The second-order valence-electron chi connectivity index (χ2n) is 5.26. The first-order valence-corrected chi connectivity index (χ1v) is 8.30. The molecule has 7 heteroatoms. The minimum atomic E-state index is -0.358. The van der Waals surface area contributed by atoms with Crippen molar-refractivity contribution >= 4 is 34.5 Å². The van der Waals surface area contributed by atoms with E-state index in [4.69, 9.17) is 13.9 Å². The third-order valence-corrected chi connectivity index (χ3v) is 4.51. The van der Waals surface area contributed by atoms with E-state index >= 15 is 0 Å². The summed E-state index contributed by atoms with van der Waals surface area (Å²) in [6.45, 7) is 2.01. The van der Waals surface area contributed by atoms with Gasteiger partial charge in [-0.15, -0.1) is 0 Å². The predicted molar refractivity (Wildman–Crippen MR) is 90.5 cm³/mol. The van der Waals surface area contributed by atoms with Crippen molar-refractivity contribution in [2.45, 2.75) is 17.4 Å². The number of hydrogen-bond donors (Lipinski definition) is 1. The van der Waals surface area contributed by atoms with E-state index in [0.29, 0.717) is 28.0 Å². The van der Waals surface area contributed by atoms with Crippen LogP contribution in [0.15, 0.2) is 52.1 Å². The maximum absolute atomic E-state index is 12.4. The number of nitrogens with zero attached hydrogens (tertiary/aromatic N) is 1. The number of para-hydroxylation sites is 2. The molecule has 2 aromatic carbocycles. The molecule has 1 aliphatic rings. The van der Waals surface area contributed by atoms with Crippen LogP contribution in [0.3, 0.4) is 0 Å². The molecule has 6 nitrogen and oxygen atoms in total. The number of ether oxygens (including phenoxy) is 2. The predicted octanol–water partition coefficient (Wildman–Crippen LogP) is 3.68. The molecule has 1 N–H and O–H groups in total. The van der Waals surface area contributed by atoms with Crippen molar-refractivity contribution in [1.29, 1.82) is 0 Å². The van der Waals surface area contributed by atoms with Crippen molar-refractivity contribution in [1.82, 2.24) is 4.98 Å². The van der Waals surface area contributed by atoms with Gasteiger partial charge in [0.1, 0.15) is 5.52 Å². The smallest absolute Gasteiger partial charge is 0.257 e. The van der Waals surface area contributed by atoms with Crippen LogP contribution in [0.25, 0.3) is 11.1 Å². The highest BCUT2D eigenvalue weighted by Gasteiger charge is 2.19. The van der Waals surface area contributed by atoms with Crippen LogP contribution in [0.5, 0.6) is 11.5 Å². The summed E-state index contributed by atoms with van der Waals surface area (Å²) in [5.74, 6) is 1.18. The Bertz CT molecular complexity index is 875. The second kappa shape index (κ2) is 6.09. The quantitative estimate of drug-likeness (QED) is 0.729. The van der Waals surface area contributed by atoms with Gasteiger partial charge in [0, 0.05) is 11.8 Å². The van der Waals surface area contributed by atoms with Crippen LogP contribution >= 0.6 is 11.8 Å². The van der Waals surface area contributed by atoms with Gasteiger partial charge < -0.3 is 19.2 Å². The summed E-state index contributed by atoms with van der Waals surface area (Å²) >= 11 is 1.28. The molecule has 1 atom stereocenters. The molecule has 2 heterocycles. The number of anilines is 1. The molecule has 0 aliphatic carbocycles. The molecule has 1 aliphatic heterocycles. The van der Waals surface area contributed by atoms with Gasteiger partial charge in [-0.2, -0.15) is 0 Å². The third kappa shape index (κ3) is 2.90. The zero-order chi connectivity index (χ0) is 16.5. The van der Waals surface area contributed by atoms with E-state index in [2.05, 4.69) is 10.3 Å². The highest BCUT2D eigenvalue weighted by molar-refractivity contribution is 8.00. The van der Waals surface area contributed by atoms with E-state index < -0.39 is 0 Å². The first-order valence-electron chi connectivity index (χ1n) is 7.42. The monoisotopic (exact) mass is 342 g/mol. The number of aromatic nitrogens is 1. The maximum Gasteiger partial charge on any atom is 0.257 e. The molecule has 3 aromatic rings. The molecule has 1 aromatic heterocycles. The van der Waals surface area contributed by atoms with Gasteiger partial charge in [-0.25, -0.2) is 4.98 Å². The van der Waals surface area contributed by atoms with E-state index in [9.17, 15) is 4.79 Å². The number of carbonyl (C=O) groups is 1. The van der Waals surface area contributed by atoms with Crippen LogP contribution in [-0.4, -0.2) is 22.9 Å². The average molecular weight is 342 g/mol.